The molecular weight excluding hydrogens is 631 g/mol. The van der Waals surface area contributed by atoms with Crippen LogP contribution in [0.25, 0.3) is 0 Å². The molecular formula is C33H51N3S6. The lowest BCUT2D eigenvalue weighted by atomic mass is 10.0. The van der Waals surface area contributed by atoms with E-state index in [2.05, 4.69) is 97.3 Å². The van der Waals surface area contributed by atoms with Gasteiger partial charge in [-0.2, -0.15) is 0 Å². The average molecular weight is 682 g/mol. The van der Waals surface area contributed by atoms with Gasteiger partial charge in [-0.1, -0.05) is 20.8 Å². The molecule has 0 atom stereocenters. The topological polar surface area (TPSA) is 78.1 Å². The zero-order valence-electron chi connectivity index (χ0n) is 27.5. The molecule has 3 aromatic rings. The summed E-state index contributed by atoms with van der Waals surface area (Å²) in [7, 11) is 0. The molecule has 3 nitrogen and oxygen atoms in total. The summed E-state index contributed by atoms with van der Waals surface area (Å²) in [6.45, 7) is 12.9. The van der Waals surface area contributed by atoms with E-state index in [9.17, 15) is 0 Å². The Morgan fingerprint density at radius 2 is 0.857 bits per heavy atom. The van der Waals surface area contributed by atoms with Crippen LogP contribution >= 0.6 is 70.6 Å². The number of anilines is 3. The van der Waals surface area contributed by atoms with E-state index < -0.39 is 0 Å². The molecule has 234 valence electrons. The molecule has 3 rings (SSSR count). The number of nitrogens with two attached hydrogens (primary N) is 3. The Morgan fingerprint density at radius 3 is 1.29 bits per heavy atom. The lowest BCUT2D eigenvalue weighted by Crippen LogP contribution is -1.99. The van der Waals surface area contributed by atoms with Crippen LogP contribution in [0, 0.1) is 20.8 Å². The second kappa shape index (κ2) is 19.5. The molecule has 0 bridgehead atoms. The summed E-state index contributed by atoms with van der Waals surface area (Å²) in [5.74, 6) is 0. The van der Waals surface area contributed by atoms with Gasteiger partial charge in [0, 0.05) is 40.7 Å². The van der Waals surface area contributed by atoms with Gasteiger partial charge in [-0.25, -0.2) is 0 Å². The number of rotatable bonds is 9. The van der Waals surface area contributed by atoms with E-state index in [1.54, 1.807) is 70.6 Å². The second-order valence-corrected chi connectivity index (χ2v) is 14.5. The van der Waals surface area contributed by atoms with Crippen LogP contribution in [0.2, 0.25) is 0 Å². The maximum atomic E-state index is 6.11. The largest absolute Gasteiger partial charge is 0.398 e. The molecule has 0 radical (unpaired) electrons. The predicted molar refractivity (Wildman–Crippen MR) is 206 cm³/mol. The van der Waals surface area contributed by atoms with Gasteiger partial charge in [0.05, 0.1) is 5.69 Å². The molecule has 0 aliphatic rings. The number of aryl methyl sites for hydroxylation is 2. The third kappa shape index (κ3) is 9.58. The number of hydrogen-bond donors (Lipinski definition) is 3. The van der Waals surface area contributed by atoms with Crippen LogP contribution in [0.5, 0.6) is 0 Å². The molecule has 3 aromatic carbocycles. The first-order chi connectivity index (χ1) is 20.0. The second-order valence-electron chi connectivity index (χ2n) is 9.50. The van der Waals surface area contributed by atoms with E-state index in [-0.39, 0.29) is 0 Å². The summed E-state index contributed by atoms with van der Waals surface area (Å²) in [5.41, 5.74) is 29.1. The normalized spacial score (nSPS) is 10.6. The predicted octanol–water partition coefficient (Wildman–Crippen LogP) is 10.8. The molecule has 6 N–H and O–H groups in total. The summed E-state index contributed by atoms with van der Waals surface area (Å²) < 4.78 is 0. The molecule has 0 heterocycles. The first kappa shape index (κ1) is 39.2. The maximum Gasteiger partial charge on any atom is 0.0593 e. The molecule has 0 aliphatic carbocycles. The van der Waals surface area contributed by atoms with Gasteiger partial charge in [-0.05, 0) is 129 Å². The molecule has 0 spiro atoms. The van der Waals surface area contributed by atoms with Crippen molar-refractivity contribution in [1.29, 1.82) is 0 Å². The molecule has 0 aromatic heterocycles. The lowest BCUT2D eigenvalue weighted by Gasteiger charge is -2.15. The SMILES string of the molecule is CCc1c(C)cc(SC)c(N)c1SC.CCc1c(SC)cc(C)c(N)c1SC.CCc1c(SC)cc(SC)c(N)c1C. The van der Waals surface area contributed by atoms with Crippen LogP contribution in [-0.2, 0) is 19.3 Å². The summed E-state index contributed by atoms with van der Waals surface area (Å²) in [5, 5.41) is 0. The minimum Gasteiger partial charge on any atom is -0.398 e. The fraction of sp³-hybridized carbons (Fsp3) is 0.455. The Morgan fingerprint density at radius 1 is 0.452 bits per heavy atom. The quantitative estimate of drug-likeness (QED) is 0.151. The summed E-state index contributed by atoms with van der Waals surface area (Å²) in [6.07, 6.45) is 15.7. The van der Waals surface area contributed by atoms with Gasteiger partial charge in [-0.15, -0.1) is 70.6 Å². The fourth-order valence-corrected chi connectivity index (χ4v) is 9.59. The van der Waals surface area contributed by atoms with Gasteiger partial charge >= 0.3 is 0 Å². The van der Waals surface area contributed by atoms with Crippen molar-refractivity contribution in [1.82, 2.24) is 0 Å². The first-order valence-corrected chi connectivity index (χ1v) is 21.3. The van der Waals surface area contributed by atoms with E-state index in [4.69, 9.17) is 17.2 Å². The van der Waals surface area contributed by atoms with Crippen molar-refractivity contribution < 1.29 is 0 Å². The zero-order chi connectivity index (χ0) is 32.1. The van der Waals surface area contributed by atoms with E-state index in [0.717, 1.165) is 36.3 Å². The van der Waals surface area contributed by atoms with Crippen molar-refractivity contribution in [3.63, 3.8) is 0 Å². The average Bonchev–Trinajstić information content (AvgIpc) is 3.00. The molecule has 9 heteroatoms. The van der Waals surface area contributed by atoms with Crippen LogP contribution in [0.15, 0.2) is 47.6 Å². The Labute approximate surface area is 282 Å². The van der Waals surface area contributed by atoms with E-state index >= 15 is 0 Å². The third-order valence-electron chi connectivity index (χ3n) is 7.23. The van der Waals surface area contributed by atoms with Crippen LogP contribution < -0.4 is 17.2 Å². The Bertz CT molecular complexity index is 1320. The Balaban J connectivity index is 0.000000315. The van der Waals surface area contributed by atoms with E-state index in [1.807, 2.05) is 0 Å². The van der Waals surface area contributed by atoms with E-state index in [1.165, 1.54) is 62.8 Å². The minimum absolute atomic E-state index is 0.951. The minimum atomic E-state index is 0.951. The van der Waals surface area contributed by atoms with Gasteiger partial charge in [0.25, 0.3) is 0 Å². The Kier molecular flexibility index (Phi) is 18.2. The lowest BCUT2D eigenvalue weighted by molar-refractivity contribution is 1.02. The highest BCUT2D eigenvalue weighted by atomic mass is 32.2. The molecule has 0 unspecified atom stereocenters. The number of hydrogen-bond acceptors (Lipinski definition) is 9. The van der Waals surface area contributed by atoms with Gasteiger partial charge in [0.2, 0.25) is 0 Å². The smallest absolute Gasteiger partial charge is 0.0593 e. The standard InChI is InChI=1S/3C11H17NS2/c1-5-8-7(2)11(12)10(14-4)6-9(8)13-3;1-5-8-9(13-3)6-7(2)10(12)11(8)14-4;1-5-8-7(2)6-9(13-3)10(12)11(8)14-4/h3*6H,5,12H2,1-4H3. The van der Waals surface area contributed by atoms with Crippen molar-refractivity contribution in [2.24, 2.45) is 0 Å². The monoisotopic (exact) mass is 681 g/mol. The summed E-state index contributed by atoms with van der Waals surface area (Å²) >= 11 is 10.6. The van der Waals surface area contributed by atoms with Crippen LogP contribution in [-0.4, -0.2) is 37.5 Å². The van der Waals surface area contributed by atoms with Gasteiger partial charge in [0.15, 0.2) is 0 Å². The highest BCUT2D eigenvalue weighted by Gasteiger charge is 2.13. The highest BCUT2D eigenvalue weighted by molar-refractivity contribution is 8.00. The molecule has 0 saturated carbocycles. The fourth-order valence-electron chi connectivity index (χ4n) is 4.83. The van der Waals surface area contributed by atoms with Crippen LogP contribution in [0.1, 0.15) is 54.2 Å². The summed E-state index contributed by atoms with van der Waals surface area (Å²) in [6, 6.07) is 6.59. The third-order valence-corrected chi connectivity index (χ3v) is 12.1. The number of benzene rings is 3. The van der Waals surface area contributed by atoms with E-state index in [0.29, 0.717) is 0 Å². The van der Waals surface area contributed by atoms with Crippen molar-refractivity contribution in [3.8, 4) is 0 Å². The molecule has 0 fully saturated rings. The van der Waals surface area contributed by atoms with Crippen molar-refractivity contribution in [3.05, 3.63) is 51.6 Å². The van der Waals surface area contributed by atoms with Crippen LogP contribution in [0.4, 0.5) is 17.1 Å². The Hall–Kier alpha value is -0.840. The number of nitrogen functional groups attached to an aromatic ring is 3. The van der Waals surface area contributed by atoms with Crippen molar-refractivity contribution >= 4 is 87.6 Å². The first-order valence-electron chi connectivity index (χ1n) is 14.0. The van der Waals surface area contributed by atoms with Crippen molar-refractivity contribution in [2.45, 2.75) is 90.2 Å². The molecule has 0 amide bonds. The van der Waals surface area contributed by atoms with Gasteiger partial charge in [0.1, 0.15) is 0 Å². The zero-order valence-corrected chi connectivity index (χ0v) is 32.4. The molecule has 0 aliphatic heterocycles. The van der Waals surface area contributed by atoms with Gasteiger partial charge < -0.3 is 17.2 Å². The highest BCUT2D eigenvalue weighted by Crippen LogP contribution is 2.38. The maximum absolute atomic E-state index is 6.11. The molecule has 0 saturated heterocycles. The summed E-state index contributed by atoms with van der Waals surface area (Å²) in [4.78, 5) is 7.65. The van der Waals surface area contributed by atoms with Gasteiger partial charge in [-0.3, -0.25) is 0 Å². The van der Waals surface area contributed by atoms with Crippen LogP contribution in [0.3, 0.4) is 0 Å². The number of thioether (sulfide) groups is 6. The molecule has 42 heavy (non-hydrogen) atoms. The van der Waals surface area contributed by atoms with Crippen molar-refractivity contribution in [2.75, 3.05) is 54.7 Å².